The van der Waals surface area contributed by atoms with Crippen LogP contribution in [0.4, 0.5) is 11.4 Å². The molecule has 0 radical (unpaired) electrons. The van der Waals surface area contributed by atoms with E-state index in [0.717, 1.165) is 40.3 Å². The molecule has 0 aliphatic carbocycles. The maximum Gasteiger partial charge on any atom is 0.250 e. The smallest absolute Gasteiger partial charge is 0.250 e. The zero-order chi connectivity index (χ0) is 22.2. The van der Waals surface area contributed by atoms with Crippen LogP contribution < -0.4 is 20.7 Å². The number of ether oxygens (including phenoxy) is 1. The lowest BCUT2D eigenvalue weighted by Gasteiger charge is -2.29. The Balaban J connectivity index is 1.71. The second-order valence-electron chi connectivity index (χ2n) is 8.40. The van der Waals surface area contributed by atoms with E-state index in [0.29, 0.717) is 12.1 Å². The van der Waals surface area contributed by atoms with Gasteiger partial charge in [-0.2, -0.15) is 11.8 Å². The lowest BCUT2D eigenvalue weighted by atomic mass is 9.78. The third kappa shape index (κ3) is 3.81. The number of nitrogens with one attached hydrogen (secondary N) is 3. The summed E-state index contributed by atoms with van der Waals surface area (Å²) in [6.07, 6.45) is 3.59. The predicted octanol–water partition coefficient (Wildman–Crippen LogP) is 3.83. The minimum Gasteiger partial charge on any atom is -0.497 e. The van der Waals surface area contributed by atoms with Crippen molar-refractivity contribution in [1.29, 1.82) is 0 Å². The standard InChI is InChI=1S/C24H29N3O3S/c1-14-11-15(2)21-19(12-14)24(23(29)26-21)20(13-17(27-24)9-10-31-4)22(28)25-16-5-7-18(30-3)8-6-16/h5-8,11-12,17,20,27H,9-10,13H2,1-4H3,(H,25,28)(H,26,29)/t17-,20-,24+/m0/s1. The van der Waals surface area contributed by atoms with Gasteiger partial charge in [0.25, 0.3) is 0 Å². The van der Waals surface area contributed by atoms with Crippen LogP contribution in [-0.4, -0.2) is 37.0 Å². The summed E-state index contributed by atoms with van der Waals surface area (Å²) in [5, 5.41) is 9.68. The highest BCUT2D eigenvalue weighted by Crippen LogP contribution is 2.49. The first-order valence-corrected chi connectivity index (χ1v) is 11.9. The summed E-state index contributed by atoms with van der Waals surface area (Å²) in [6, 6.07) is 11.4. The lowest BCUT2D eigenvalue weighted by Crippen LogP contribution is -2.52. The Labute approximate surface area is 187 Å². The fraction of sp³-hybridized carbons (Fsp3) is 0.417. The Morgan fingerprint density at radius 2 is 2.00 bits per heavy atom. The molecular weight excluding hydrogens is 410 g/mol. The van der Waals surface area contributed by atoms with Crippen LogP contribution in [0.3, 0.4) is 0 Å². The molecule has 4 rings (SSSR count). The summed E-state index contributed by atoms with van der Waals surface area (Å²) < 4.78 is 5.20. The van der Waals surface area contributed by atoms with Crippen LogP contribution in [-0.2, 0) is 15.1 Å². The van der Waals surface area contributed by atoms with Gasteiger partial charge >= 0.3 is 0 Å². The number of anilines is 2. The highest BCUT2D eigenvalue weighted by molar-refractivity contribution is 7.98. The van der Waals surface area contributed by atoms with Gasteiger partial charge in [0, 0.05) is 23.0 Å². The van der Waals surface area contributed by atoms with Crippen molar-refractivity contribution in [1.82, 2.24) is 5.32 Å². The maximum absolute atomic E-state index is 13.5. The number of carbonyl (C=O) groups is 2. The van der Waals surface area contributed by atoms with Gasteiger partial charge in [0.05, 0.1) is 13.0 Å². The summed E-state index contributed by atoms with van der Waals surface area (Å²) in [7, 11) is 1.61. The Bertz CT molecular complexity index is 1010. The van der Waals surface area contributed by atoms with Gasteiger partial charge in [-0.1, -0.05) is 17.7 Å². The Morgan fingerprint density at radius 3 is 2.68 bits per heavy atom. The lowest BCUT2D eigenvalue weighted by molar-refractivity contribution is -0.130. The van der Waals surface area contributed by atoms with E-state index in [1.807, 2.05) is 44.2 Å². The molecule has 2 heterocycles. The predicted molar refractivity (Wildman–Crippen MR) is 126 cm³/mol. The second-order valence-corrected chi connectivity index (χ2v) is 9.38. The van der Waals surface area contributed by atoms with Crippen LogP contribution in [0.2, 0.25) is 0 Å². The van der Waals surface area contributed by atoms with Crippen LogP contribution in [0.1, 0.15) is 29.5 Å². The highest BCUT2D eigenvalue weighted by Gasteiger charge is 2.60. The zero-order valence-electron chi connectivity index (χ0n) is 18.4. The fourth-order valence-electron chi connectivity index (χ4n) is 4.87. The third-order valence-corrected chi connectivity index (χ3v) is 6.96. The number of hydrogen-bond donors (Lipinski definition) is 3. The summed E-state index contributed by atoms with van der Waals surface area (Å²) in [5.74, 6) is 0.902. The first kappa shape index (κ1) is 21.7. The molecule has 2 aromatic carbocycles. The molecule has 1 spiro atoms. The number of aryl methyl sites for hydroxylation is 2. The number of carbonyl (C=O) groups excluding carboxylic acids is 2. The first-order chi connectivity index (χ1) is 14.9. The van der Waals surface area contributed by atoms with E-state index in [4.69, 9.17) is 4.74 Å². The average molecular weight is 440 g/mol. The molecule has 0 bridgehead atoms. The maximum atomic E-state index is 13.5. The largest absolute Gasteiger partial charge is 0.497 e. The van der Waals surface area contributed by atoms with Gasteiger partial charge in [0.1, 0.15) is 11.3 Å². The monoisotopic (exact) mass is 439 g/mol. The quantitative estimate of drug-likeness (QED) is 0.638. The normalized spacial score (nSPS) is 24.2. The second kappa shape index (κ2) is 8.55. The number of thioether (sulfide) groups is 1. The summed E-state index contributed by atoms with van der Waals surface area (Å²) in [6.45, 7) is 4.02. The average Bonchev–Trinajstić information content (AvgIpc) is 3.27. The van der Waals surface area contributed by atoms with Crippen molar-refractivity contribution in [3.05, 3.63) is 53.1 Å². The third-order valence-electron chi connectivity index (χ3n) is 6.32. The molecule has 2 aliphatic rings. The van der Waals surface area contributed by atoms with E-state index in [1.54, 1.807) is 18.9 Å². The molecule has 0 unspecified atom stereocenters. The van der Waals surface area contributed by atoms with Gasteiger partial charge in [-0.3, -0.25) is 14.9 Å². The molecule has 0 aromatic heterocycles. The summed E-state index contributed by atoms with van der Waals surface area (Å²) in [4.78, 5) is 26.9. The van der Waals surface area contributed by atoms with E-state index in [2.05, 4.69) is 28.3 Å². The molecule has 164 valence electrons. The summed E-state index contributed by atoms with van der Waals surface area (Å²) >= 11 is 1.77. The van der Waals surface area contributed by atoms with E-state index >= 15 is 0 Å². The number of hydrogen-bond acceptors (Lipinski definition) is 5. The molecule has 3 N–H and O–H groups in total. The van der Waals surface area contributed by atoms with Crippen molar-refractivity contribution in [2.45, 2.75) is 38.3 Å². The van der Waals surface area contributed by atoms with Gasteiger partial charge in [-0.25, -0.2) is 0 Å². The van der Waals surface area contributed by atoms with Gasteiger partial charge in [-0.15, -0.1) is 0 Å². The molecule has 7 heteroatoms. The molecular formula is C24H29N3O3S. The van der Waals surface area contributed by atoms with Crippen molar-refractivity contribution in [2.24, 2.45) is 5.92 Å². The number of benzene rings is 2. The topological polar surface area (TPSA) is 79.5 Å². The van der Waals surface area contributed by atoms with Gasteiger partial charge in [0.2, 0.25) is 11.8 Å². The van der Waals surface area contributed by atoms with E-state index in [9.17, 15) is 9.59 Å². The number of fused-ring (bicyclic) bond motifs is 2. The van der Waals surface area contributed by atoms with Crippen molar-refractivity contribution in [2.75, 3.05) is 29.8 Å². The molecule has 0 saturated carbocycles. The molecule has 31 heavy (non-hydrogen) atoms. The van der Waals surface area contributed by atoms with Crippen molar-refractivity contribution < 1.29 is 14.3 Å². The Kier molecular flexibility index (Phi) is 5.99. The summed E-state index contributed by atoms with van der Waals surface area (Å²) in [5.41, 5.74) is 3.45. The SMILES string of the molecule is COc1ccc(NC(=O)[C@@H]2C[C@H](CCSC)N[C@@]23C(=O)Nc2c(C)cc(C)cc23)cc1. The van der Waals surface area contributed by atoms with Crippen LogP contribution in [0.25, 0.3) is 0 Å². The Hall–Kier alpha value is -2.51. The fourth-order valence-corrected chi connectivity index (χ4v) is 5.39. The minimum atomic E-state index is -1.05. The van der Waals surface area contributed by atoms with E-state index < -0.39 is 11.5 Å². The van der Waals surface area contributed by atoms with Crippen molar-refractivity contribution in [3.8, 4) is 5.75 Å². The van der Waals surface area contributed by atoms with Crippen LogP contribution >= 0.6 is 11.8 Å². The first-order valence-electron chi connectivity index (χ1n) is 10.5. The van der Waals surface area contributed by atoms with Crippen LogP contribution in [0, 0.1) is 19.8 Å². The zero-order valence-corrected chi connectivity index (χ0v) is 19.2. The van der Waals surface area contributed by atoms with Crippen molar-refractivity contribution >= 4 is 35.0 Å². The van der Waals surface area contributed by atoms with Crippen LogP contribution in [0.5, 0.6) is 5.75 Å². The van der Waals surface area contributed by atoms with E-state index in [1.165, 1.54) is 0 Å². The minimum absolute atomic E-state index is 0.0941. The molecule has 3 atom stereocenters. The number of methoxy groups -OCH3 is 1. The molecule has 1 fully saturated rings. The molecule has 6 nitrogen and oxygen atoms in total. The van der Waals surface area contributed by atoms with Gasteiger partial charge in [0.15, 0.2) is 0 Å². The van der Waals surface area contributed by atoms with E-state index in [-0.39, 0.29) is 17.9 Å². The molecule has 1 saturated heterocycles. The Morgan fingerprint density at radius 1 is 1.26 bits per heavy atom. The molecule has 2 amide bonds. The molecule has 2 aliphatic heterocycles. The number of rotatable bonds is 6. The number of amides is 2. The highest BCUT2D eigenvalue weighted by atomic mass is 32.2. The van der Waals surface area contributed by atoms with Crippen LogP contribution in [0.15, 0.2) is 36.4 Å². The molecule has 2 aromatic rings. The van der Waals surface area contributed by atoms with Crippen molar-refractivity contribution in [3.63, 3.8) is 0 Å². The van der Waals surface area contributed by atoms with Gasteiger partial charge < -0.3 is 15.4 Å². The van der Waals surface area contributed by atoms with Gasteiger partial charge in [-0.05, 0) is 68.5 Å².